The van der Waals surface area contributed by atoms with E-state index in [4.69, 9.17) is 0 Å². The van der Waals surface area contributed by atoms with E-state index < -0.39 is 0 Å². The smallest absolute Gasteiger partial charge is 0.0829 e. The van der Waals surface area contributed by atoms with Crippen LogP contribution in [0, 0.1) is 107 Å². The fraction of sp³-hybridized carbons (Fsp3) is 0.852. The summed E-state index contributed by atoms with van der Waals surface area (Å²) in [5.74, 6) is 13.7. The maximum atomic E-state index is 4.22. The third-order valence-corrected chi connectivity index (χ3v) is 26.0. The van der Waals surface area contributed by atoms with Gasteiger partial charge in [0.2, 0.25) is 0 Å². The van der Waals surface area contributed by atoms with E-state index in [0.29, 0.717) is 17.8 Å². The molecule has 858 valence electrons. The van der Waals surface area contributed by atoms with Gasteiger partial charge in [-0.05, 0) is 267 Å². The van der Waals surface area contributed by atoms with Gasteiger partial charge in [0.15, 0.2) is 0 Å². The Morgan fingerprint density at radius 1 is 0.161 bits per heavy atom. The Morgan fingerprint density at radius 3 is 0.732 bits per heavy atom. The Labute approximate surface area is 914 Å². The van der Waals surface area contributed by atoms with Crippen LogP contribution in [-0.2, 0) is 117 Å². The molecule has 9 rings (SSSR count). The van der Waals surface area contributed by atoms with Crippen LogP contribution in [0.1, 0.15) is 506 Å². The highest BCUT2D eigenvalue weighted by Crippen LogP contribution is 2.21. The van der Waals surface area contributed by atoms with Crippen molar-refractivity contribution in [3.05, 3.63) is 107 Å². The van der Waals surface area contributed by atoms with Crippen LogP contribution in [0.25, 0.3) is 0 Å². The molecule has 0 N–H and O–H groups in total. The predicted molar refractivity (Wildman–Crippen MR) is 628 cm³/mol. The molecule has 0 aliphatic carbocycles. The van der Waals surface area contributed by atoms with Crippen LogP contribution >= 0.6 is 0 Å². The molecule has 0 spiro atoms. The largest absolute Gasteiger partial charge is 0.252 e. The molecule has 0 aliphatic heterocycles. The summed E-state index contributed by atoms with van der Waals surface area (Å²) in [4.78, 5) is 0. The summed E-state index contributed by atoms with van der Waals surface area (Å²) in [5, 5.41) is 74.4. The number of hydrogen-bond donors (Lipinski definition) is 0. The Balaban J connectivity index is 0.000000838. The summed E-state index contributed by atoms with van der Waals surface area (Å²) >= 11 is 0. The summed E-state index contributed by atoms with van der Waals surface area (Å²) in [7, 11) is 0. The average Bonchev–Trinajstić information content (AvgIpc) is 1.77. The Bertz CT molecular complexity index is 4360. The minimum absolute atomic E-state index is 0.635. The fourth-order valence-electron chi connectivity index (χ4n) is 16.6. The van der Waals surface area contributed by atoms with Crippen molar-refractivity contribution in [3.63, 3.8) is 0 Å². The molecule has 0 atom stereocenters. The molecule has 9 aromatic heterocycles. The van der Waals surface area contributed by atoms with Crippen LogP contribution in [0.4, 0.5) is 0 Å². The molecule has 27 nitrogen and oxygen atoms in total. The van der Waals surface area contributed by atoms with Crippen molar-refractivity contribution in [1.82, 2.24) is 135 Å². The van der Waals surface area contributed by atoms with Gasteiger partial charge in [0.25, 0.3) is 0 Å². The molecule has 0 aromatic carbocycles. The lowest BCUT2D eigenvalue weighted by Crippen LogP contribution is -2.08. The first-order chi connectivity index (χ1) is 70.8. The van der Waals surface area contributed by atoms with E-state index in [1.807, 2.05) is 49.7 Å². The van der Waals surface area contributed by atoms with E-state index in [2.05, 4.69) is 390 Å². The third-order valence-electron chi connectivity index (χ3n) is 26.0. The summed E-state index contributed by atoms with van der Waals surface area (Å²) in [6.45, 7) is 90.4. The van der Waals surface area contributed by atoms with Crippen LogP contribution in [0.15, 0.2) is 55.8 Å². The number of nitrogens with zero attached hydrogens (tertiary/aromatic N) is 27. The third kappa shape index (κ3) is 80.7. The quantitative estimate of drug-likeness (QED) is 0.0320. The number of rotatable bonds is 68. The van der Waals surface area contributed by atoms with Crippen molar-refractivity contribution in [2.24, 2.45) is 107 Å². The lowest BCUT2D eigenvalue weighted by Gasteiger charge is -2.08. The first kappa shape index (κ1) is 139. The standard InChI is InChI=1S/C15H29N3.3C14H27N3.5C13H25N3/c1-13(2)8-5-6-11-18-15(12-16-17-18)10-7-9-14(3)4;1-12(2)7-5-6-10-17-14(11-15-16-17)9-8-13(3)4;1-12(2)7-5-6-8-14-11-17(16-15-14)10-9-13(3)4;1-12(2)8-6-5-7-9-17-11-14(15-16-17)10-13(3)4;1-11(2)6-5-9-16-13(10-14-15-16)8-7-12(3)4;1-11(2)6-5-7-13-10-16(15-14-13)9-8-12(3)4;1-11(2)6-5-7-13-10-14-15-16(13)9-8-12(3)4;1-11(2)7-5-6-8-16-13(9-12(3)4)10-14-15-16;1-11(2)7-5-6-8-13-10-16(15-14-13)9-12(3)4/h12-14H,5-11H2,1-4H3;3*11-13H,5-10H2,1-4H3;5*10-12H,5-9H2,1-4H3. The van der Waals surface area contributed by atoms with E-state index in [-0.39, 0.29) is 0 Å². The van der Waals surface area contributed by atoms with Gasteiger partial charge in [-0.25, -0.2) is 23.4 Å². The van der Waals surface area contributed by atoms with Crippen molar-refractivity contribution >= 4 is 0 Å². The van der Waals surface area contributed by atoms with Gasteiger partial charge >= 0.3 is 0 Å². The zero-order chi connectivity index (χ0) is 111. The molecule has 0 saturated heterocycles. The summed E-state index contributed by atoms with van der Waals surface area (Å²) < 4.78 is 18.3. The lowest BCUT2D eigenvalue weighted by atomic mass is 10.0. The normalized spacial score (nSPS) is 11.6. The molecule has 0 aliphatic rings. The summed E-state index contributed by atoms with van der Waals surface area (Å²) in [6, 6.07) is 0. The van der Waals surface area contributed by atoms with Gasteiger partial charge in [-0.2, -0.15) is 0 Å². The number of aromatic nitrogens is 27. The maximum absolute atomic E-state index is 4.22. The summed E-state index contributed by atoms with van der Waals surface area (Å²) in [6.07, 6.45) is 68.2. The van der Waals surface area contributed by atoms with E-state index >= 15 is 0 Å². The van der Waals surface area contributed by atoms with Gasteiger partial charge < -0.3 is 0 Å². The fourth-order valence-corrected chi connectivity index (χ4v) is 16.6. The van der Waals surface area contributed by atoms with Crippen molar-refractivity contribution in [2.45, 2.75) is 571 Å². The zero-order valence-electron chi connectivity index (χ0n) is 104. The monoisotopic (exact) mass is 2080 g/mol. The van der Waals surface area contributed by atoms with E-state index in [1.165, 1.54) is 234 Å². The van der Waals surface area contributed by atoms with Crippen molar-refractivity contribution in [2.75, 3.05) is 0 Å². The van der Waals surface area contributed by atoms with Crippen molar-refractivity contribution in [1.29, 1.82) is 0 Å². The minimum atomic E-state index is 0.635. The molecule has 149 heavy (non-hydrogen) atoms. The number of hydrogen-bond acceptors (Lipinski definition) is 18. The van der Waals surface area contributed by atoms with Crippen LogP contribution in [-0.4, -0.2) is 135 Å². The van der Waals surface area contributed by atoms with Gasteiger partial charge in [0.05, 0.1) is 82.2 Å². The second-order valence-electron chi connectivity index (χ2n) is 50.7. The molecule has 0 unspecified atom stereocenters. The van der Waals surface area contributed by atoms with Crippen LogP contribution < -0.4 is 0 Å². The van der Waals surface area contributed by atoms with E-state index in [0.717, 1.165) is 228 Å². The summed E-state index contributed by atoms with van der Waals surface area (Å²) in [5.41, 5.74) is 11.0. The first-order valence-electron chi connectivity index (χ1n) is 60.7. The Morgan fingerprint density at radius 2 is 0.396 bits per heavy atom. The Hall–Kier alpha value is -7.74. The predicted octanol–water partition coefficient (Wildman–Crippen LogP) is 31.7. The van der Waals surface area contributed by atoms with Crippen LogP contribution in [0.3, 0.4) is 0 Å². The molecule has 0 saturated carbocycles. The highest BCUT2D eigenvalue weighted by Gasteiger charge is 2.15. The SMILES string of the molecule is CC(C)CCCCCn1cc(CC(C)C)nn1.CC(C)CCCCc1cn(CC(C)C)nn1.CC(C)CCCCc1cn(CCC(C)C)nn1.CC(C)CCCCn1nncc1CC(C)C.CC(C)CCCCn1nncc1CCC(C)C.CC(C)CCCCn1nncc1CCCC(C)C.CC(C)CCCc1cn(CCC(C)C)nn1.CC(C)CCCc1cnnn1CCC(C)C.CC(C)CCCn1nncc1CCC(C)C. The maximum Gasteiger partial charge on any atom is 0.0829 e. The Kier molecular flexibility index (Phi) is 80.9. The zero-order valence-corrected chi connectivity index (χ0v) is 104. The molecular formula is C122H235N27. The van der Waals surface area contributed by atoms with Crippen LogP contribution in [0.2, 0.25) is 0 Å². The number of aryl methyl sites for hydroxylation is 15. The van der Waals surface area contributed by atoms with Gasteiger partial charge in [0.1, 0.15) is 0 Å². The van der Waals surface area contributed by atoms with Gasteiger partial charge in [-0.1, -0.05) is 399 Å². The topological polar surface area (TPSA) is 276 Å². The minimum Gasteiger partial charge on any atom is -0.252 e. The molecule has 27 heteroatoms. The molecule has 0 bridgehead atoms. The molecule has 0 fully saturated rings. The molecular weight excluding hydrogens is 1840 g/mol. The lowest BCUT2D eigenvalue weighted by molar-refractivity contribution is 0.460. The molecule has 0 radical (unpaired) electrons. The molecule has 0 amide bonds. The van der Waals surface area contributed by atoms with E-state index in [1.54, 1.807) is 0 Å². The molecule has 9 heterocycles. The average molecular weight is 2080 g/mol. The highest BCUT2D eigenvalue weighted by molar-refractivity contribution is 5.00. The van der Waals surface area contributed by atoms with Crippen molar-refractivity contribution in [3.8, 4) is 0 Å². The first-order valence-corrected chi connectivity index (χ1v) is 60.7. The van der Waals surface area contributed by atoms with Gasteiger partial charge in [-0.15, -0.1) is 45.9 Å². The highest BCUT2D eigenvalue weighted by atomic mass is 15.5. The van der Waals surface area contributed by atoms with Gasteiger partial charge in [0, 0.05) is 83.7 Å². The van der Waals surface area contributed by atoms with Crippen molar-refractivity contribution < 1.29 is 0 Å². The van der Waals surface area contributed by atoms with Crippen LogP contribution in [0.5, 0.6) is 0 Å². The molecule has 9 aromatic rings. The second kappa shape index (κ2) is 86.6. The van der Waals surface area contributed by atoms with Gasteiger partial charge in [-0.3, -0.25) is 18.7 Å². The second-order valence-corrected chi connectivity index (χ2v) is 50.7. The number of unbranched alkanes of at least 4 members (excludes halogenated alkanes) is 7. The van der Waals surface area contributed by atoms with E-state index in [9.17, 15) is 0 Å².